The molecule has 1 fully saturated rings. The monoisotopic (exact) mass is 330 g/mol. The number of benzene rings is 1. The summed E-state index contributed by atoms with van der Waals surface area (Å²) in [6.45, 7) is 0.584. The lowest BCUT2D eigenvalue weighted by Gasteiger charge is -2.20. The predicted octanol–water partition coefficient (Wildman–Crippen LogP) is 2.12. The van der Waals surface area contributed by atoms with E-state index in [4.69, 9.17) is 4.74 Å². The summed E-state index contributed by atoms with van der Waals surface area (Å²) in [5.41, 5.74) is 1.05. The van der Waals surface area contributed by atoms with Crippen LogP contribution in [0.15, 0.2) is 47.8 Å². The molecule has 2 heterocycles. The molecule has 0 spiro atoms. The maximum atomic E-state index is 12.1. The highest BCUT2D eigenvalue weighted by Gasteiger charge is 2.30. The Morgan fingerprint density at radius 2 is 2.00 bits per heavy atom. The molecule has 0 radical (unpaired) electrons. The lowest BCUT2D eigenvalue weighted by Crippen LogP contribution is -2.43. The van der Waals surface area contributed by atoms with Gasteiger partial charge in [0.15, 0.2) is 0 Å². The number of ether oxygens (including phenoxy) is 1. The van der Waals surface area contributed by atoms with Crippen LogP contribution in [0.3, 0.4) is 0 Å². The van der Waals surface area contributed by atoms with Crippen LogP contribution in [0.1, 0.15) is 27.8 Å². The number of rotatable bonds is 5. The van der Waals surface area contributed by atoms with Gasteiger partial charge in [-0.15, -0.1) is 11.3 Å². The number of carbonyl (C=O) groups is 2. The lowest BCUT2D eigenvalue weighted by atomic mass is 10.0. The molecule has 2 atom stereocenters. The summed E-state index contributed by atoms with van der Waals surface area (Å²) in [5, 5.41) is 7.41. The molecule has 23 heavy (non-hydrogen) atoms. The second-order valence-corrected chi connectivity index (χ2v) is 6.27. The van der Waals surface area contributed by atoms with Gasteiger partial charge in [-0.3, -0.25) is 9.59 Å². The van der Waals surface area contributed by atoms with Gasteiger partial charge in [0, 0.05) is 6.61 Å². The summed E-state index contributed by atoms with van der Waals surface area (Å²) in [6, 6.07) is 13.3. The van der Waals surface area contributed by atoms with Crippen LogP contribution < -0.4 is 10.6 Å². The van der Waals surface area contributed by atoms with Crippen LogP contribution in [0, 0.1) is 0 Å². The molecule has 2 amide bonds. The van der Waals surface area contributed by atoms with Crippen LogP contribution in [0.5, 0.6) is 0 Å². The third-order valence-corrected chi connectivity index (χ3v) is 4.59. The normalized spacial score (nSPS) is 20.2. The molecule has 120 valence electrons. The van der Waals surface area contributed by atoms with Crippen LogP contribution in [0.25, 0.3) is 0 Å². The molecule has 2 N–H and O–H groups in total. The van der Waals surface area contributed by atoms with Crippen molar-refractivity contribution in [2.75, 3.05) is 13.2 Å². The predicted molar refractivity (Wildman–Crippen MR) is 88.3 cm³/mol. The first-order valence-corrected chi connectivity index (χ1v) is 8.39. The molecule has 1 aliphatic rings. The highest BCUT2D eigenvalue weighted by Crippen LogP contribution is 2.28. The largest absolute Gasteiger partial charge is 0.371 e. The molecular weight excluding hydrogens is 312 g/mol. The van der Waals surface area contributed by atoms with Gasteiger partial charge in [0.25, 0.3) is 5.91 Å². The maximum absolute atomic E-state index is 12.1. The van der Waals surface area contributed by atoms with Gasteiger partial charge in [-0.1, -0.05) is 36.4 Å². The van der Waals surface area contributed by atoms with E-state index in [1.54, 1.807) is 12.1 Å². The van der Waals surface area contributed by atoms with E-state index in [0.717, 1.165) is 12.0 Å². The lowest BCUT2D eigenvalue weighted by molar-refractivity contribution is -0.121. The van der Waals surface area contributed by atoms with E-state index in [2.05, 4.69) is 10.6 Å². The van der Waals surface area contributed by atoms with E-state index in [0.29, 0.717) is 11.5 Å². The van der Waals surface area contributed by atoms with Gasteiger partial charge in [-0.2, -0.15) is 0 Å². The van der Waals surface area contributed by atoms with Crippen molar-refractivity contribution in [3.05, 3.63) is 58.3 Å². The molecule has 1 aromatic carbocycles. The average Bonchev–Trinajstić information content (AvgIpc) is 3.25. The molecule has 3 rings (SSSR count). The number of hydrogen-bond acceptors (Lipinski definition) is 4. The zero-order chi connectivity index (χ0) is 16.1. The van der Waals surface area contributed by atoms with Crippen molar-refractivity contribution < 1.29 is 14.3 Å². The van der Waals surface area contributed by atoms with Crippen LogP contribution in [-0.4, -0.2) is 31.0 Å². The van der Waals surface area contributed by atoms with Gasteiger partial charge < -0.3 is 15.4 Å². The first-order valence-electron chi connectivity index (χ1n) is 7.51. The first kappa shape index (κ1) is 15.7. The van der Waals surface area contributed by atoms with Gasteiger partial charge in [0.05, 0.1) is 17.5 Å². The Hall–Kier alpha value is -2.18. The number of hydrogen-bond donors (Lipinski definition) is 2. The molecule has 0 bridgehead atoms. The van der Waals surface area contributed by atoms with Gasteiger partial charge in [-0.05, 0) is 23.4 Å². The van der Waals surface area contributed by atoms with Gasteiger partial charge in [0.2, 0.25) is 5.91 Å². The zero-order valence-electron chi connectivity index (χ0n) is 12.5. The fourth-order valence-corrected chi connectivity index (χ4v) is 3.26. The smallest absolute Gasteiger partial charge is 0.261 e. The van der Waals surface area contributed by atoms with E-state index >= 15 is 0 Å². The Bertz CT molecular complexity index is 658. The third kappa shape index (κ3) is 3.97. The highest BCUT2D eigenvalue weighted by molar-refractivity contribution is 7.12. The van der Waals surface area contributed by atoms with Crippen molar-refractivity contribution in [2.45, 2.75) is 18.6 Å². The number of carbonyl (C=O) groups excluding carboxylic acids is 2. The van der Waals surface area contributed by atoms with Gasteiger partial charge in [-0.25, -0.2) is 0 Å². The van der Waals surface area contributed by atoms with Crippen molar-refractivity contribution in [3.63, 3.8) is 0 Å². The van der Waals surface area contributed by atoms with E-state index in [1.165, 1.54) is 11.3 Å². The van der Waals surface area contributed by atoms with Crippen molar-refractivity contribution in [1.82, 2.24) is 10.6 Å². The topological polar surface area (TPSA) is 67.4 Å². The van der Waals surface area contributed by atoms with Gasteiger partial charge in [0.1, 0.15) is 6.10 Å². The molecule has 2 unspecified atom stereocenters. The fourth-order valence-electron chi connectivity index (χ4n) is 2.62. The second-order valence-electron chi connectivity index (χ2n) is 5.32. The second kappa shape index (κ2) is 7.39. The summed E-state index contributed by atoms with van der Waals surface area (Å²) >= 11 is 1.35. The third-order valence-electron chi connectivity index (χ3n) is 3.72. The Balaban J connectivity index is 1.52. The van der Waals surface area contributed by atoms with E-state index in [1.807, 2.05) is 35.7 Å². The van der Waals surface area contributed by atoms with E-state index < -0.39 is 0 Å². The van der Waals surface area contributed by atoms with Crippen molar-refractivity contribution in [3.8, 4) is 0 Å². The fraction of sp³-hybridized carbons (Fsp3) is 0.294. The Labute approximate surface area is 138 Å². The number of thiophene rings is 1. The van der Waals surface area contributed by atoms with Crippen molar-refractivity contribution >= 4 is 23.2 Å². The van der Waals surface area contributed by atoms with E-state index in [9.17, 15) is 9.59 Å². The standard InChI is InChI=1S/C17H18N2O3S/c20-15(11-18-17(21)14-7-4-10-23-14)19-13-8-9-22-16(13)12-5-2-1-3-6-12/h1-7,10,13,16H,8-9,11H2,(H,18,21)(H,19,20). The first-order chi connectivity index (χ1) is 11.2. The van der Waals surface area contributed by atoms with Crippen LogP contribution in [0.4, 0.5) is 0 Å². The van der Waals surface area contributed by atoms with Crippen LogP contribution >= 0.6 is 11.3 Å². The maximum Gasteiger partial charge on any atom is 0.261 e. The van der Waals surface area contributed by atoms with E-state index in [-0.39, 0.29) is 30.5 Å². The molecule has 0 aliphatic carbocycles. The minimum Gasteiger partial charge on any atom is -0.371 e. The minimum absolute atomic E-state index is 0.0330. The molecule has 1 aromatic heterocycles. The molecule has 0 saturated carbocycles. The minimum atomic E-state index is -0.225. The Morgan fingerprint density at radius 1 is 1.17 bits per heavy atom. The molecule has 5 nitrogen and oxygen atoms in total. The molecule has 1 saturated heterocycles. The van der Waals surface area contributed by atoms with Gasteiger partial charge >= 0.3 is 0 Å². The Morgan fingerprint density at radius 3 is 2.74 bits per heavy atom. The number of nitrogens with one attached hydrogen (secondary N) is 2. The summed E-state index contributed by atoms with van der Waals surface area (Å²) < 4.78 is 5.74. The van der Waals surface area contributed by atoms with Crippen molar-refractivity contribution in [2.24, 2.45) is 0 Å². The highest BCUT2D eigenvalue weighted by atomic mass is 32.1. The molecule has 6 heteroatoms. The molecule has 1 aliphatic heterocycles. The average molecular weight is 330 g/mol. The van der Waals surface area contributed by atoms with Crippen LogP contribution in [-0.2, 0) is 9.53 Å². The zero-order valence-corrected chi connectivity index (χ0v) is 13.3. The molecule has 2 aromatic rings. The van der Waals surface area contributed by atoms with Crippen LogP contribution in [0.2, 0.25) is 0 Å². The quantitative estimate of drug-likeness (QED) is 0.882. The molecular formula is C17H18N2O3S. The summed E-state index contributed by atoms with van der Waals surface area (Å²) in [4.78, 5) is 24.5. The summed E-state index contributed by atoms with van der Waals surface area (Å²) in [7, 11) is 0. The summed E-state index contributed by atoms with van der Waals surface area (Å²) in [5.74, 6) is -0.427. The SMILES string of the molecule is O=C(CNC(=O)c1cccs1)NC1CCOC1c1ccccc1. The summed E-state index contributed by atoms with van der Waals surface area (Å²) in [6.07, 6.45) is 0.637. The Kier molecular flexibility index (Phi) is 5.05. The van der Waals surface area contributed by atoms with Crippen molar-refractivity contribution in [1.29, 1.82) is 0 Å². The number of amides is 2.